The lowest BCUT2D eigenvalue weighted by atomic mass is 10.1. The van der Waals surface area contributed by atoms with Crippen molar-refractivity contribution in [2.75, 3.05) is 59.2 Å². The van der Waals surface area contributed by atoms with Crippen molar-refractivity contribution in [2.45, 2.75) is 13.5 Å². The van der Waals surface area contributed by atoms with Crippen molar-refractivity contribution < 1.29 is 19.1 Å². The third-order valence-corrected chi connectivity index (χ3v) is 7.41. The largest absolute Gasteiger partial charge is 0.465 e. The molecule has 1 saturated heterocycles. The lowest BCUT2D eigenvalue weighted by Crippen LogP contribution is -2.48. The van der Waals surface area contributed by atoms with E-state index in [1.165, 1.54) is 12.0 Å². The van der Waals surface area contributed by atoms with Crippen LogP contribution in [0.15, 0.2) is 18.2 Å². The number of rotatable bonds is 7. The van der Waals surface area contributed by atoms with Gasteiger partial charge in [0.05, 0.1) is 24.1 Å². The zero-order valence-electron chi connectivity index (χ0n) is 19.6. The van der Waals surface area contributed by atoms with Crippen LogP contribution in [0.1, 0.15) is 31.2 Å². The number of nitrogens with one attached hydrogen (secondary N) is 1. The first-order valence-electron chi connectivity index (χ1n) is 10.7. The highest BCUT2D eigenvalue weighted by Crippen LogP contribution is 2.34. The number of carbonyl (C=O) groups is 3. The molecular formula is C23H28Cl2N4O4S. The molecule has 2 heterocycles. The van der Waals surface area contributed by atoms with Gasteiger partial charge in [-0.1, -0.05) is 29.3 Å². The summed E-state index contributed by atoms with van der Waals surface area (Å²) in [6, 6.07) is 5.50. The first-order chi connectivity index (χ1) is 16.1. The second-order valence-corrected chi connectivity index (χ2v) is 10.2. The quantitative estimate of drug-likeness (QED) is 0.555. The van der Waals surface area contributed by atoms with Crippen LogP contribution < -0.4 is 5.32 Å². The number of benzene rings is 1. The number of halogens is 2. The molecule has 0 aliphatic carbocycles. The van der Waals surface area contributed by atoms with E-state index in [-0.39, 0.29) is 23.9 Å². The smallest absolute Gasteiger partial charge is 0.341 e. The Labute approximate surface area is 213 Å². The van der Waals surface area contributed by atoms with E-state index in [0.29, 0.717) is 25.5 Å². The Balaban J connectivity index is 1.60. The molecule has 0 unspecified atom stereocenters. The number of carbonyl (C=O) groups excluding carboxylic acids is 3. The molecule has 8 nitrogen and oxygen atoms in total. The van der Waals surface area contributed by atoms with Crippen molar-refractivity contribution in [1.29, 1.82) is 0 Å². The molecular weight excluding hydrogens is 499 g/mol. The number of methoxy groups -OCH3 is 1. The predicted octanol–water partition coefficient (Wildman–Crippen LogP) is 3.61. The molecule has 0 bridgehead atoms. The minimum absolute atomic E-state index is 0.185. The van der Waals surface area contributed by atoms with Crippen LogP contribution in [0.3, 0.4) is 0 Å². The molecule has 34 heavy (non-hydrogen) atoms. The second kappa shape index (κ2) is 11.5. The molecule has 0 saturated carbocycles. The maximum atomic E-state index is 12.8. The summed E-state index contributed by atoms with van der Waals surface area (Å²) in [6.07, 6.45) is 0. The van der Waals surface area contributed by atoms with Crippen molar-refractivity contribution >= 4 is 57.3 Å². The maximum absolute atomic E-state index is 12.8. The van der Waals surface area contributed by atoms with E-state index in [1.54, 1.807) is 27.1 Å². The van der Waals surface area contributed by atoms with Crippen molar-refractivity contribution in [2.24, 2.45) is 0 Å². The van der Waals surface area contributed by atoms with Crippen LogP contribution in [0.5, 0.6) is 0 Å². The van der Waals surface area contributed by atoms with Gasteiger partial charge in [-0.25, -0.2) is 4.79 Å². The zero-order chi connectivity index (χ0) is 25.0. The van der Waals surface area contributed by atoms with E-state index in [1.807, 2.05) is 12.1 Å². The molecule has 0 spiro atoms. The molecule has 1 aromatic carbocycles. The van der Waals surface area contributed by atoms with Crippen LogP contribution in [0.2, 0.25) is 10.0 Å². The van der Waals surface area contributed by atoms with Crippen molar-refractivity contribution in [3.63, 3.8) is 0 Å². The number of ether oxygens (including phenoxy) is 1. The number of hydrogen-bond donors (Lipinski definition) is 1. The average Bonchev–Trinajstić information content (AvgIpc) is 3.11. The molecule has 1 aromatic heterocycles. The van der Waals surface area contributed by atoms with Gasteiger partial charge in [-0.2, -0.15) is 0 Å². The first kappa shape index (κ1) is 26.4. The number of thiophene rings is 1. The Hall–Kier alpha value is -2.17. The summed E-state index contributed by atoms with van der Waals surface area (Å²) in [4.78, 5) is 43.8. The summed E-state index contributed by atoms with van der Waals surface area (Å²) in [5.41, 5.74) is 1.74. The van der Waals surface area contributed by atoms with Crippen LogP contribution in [0, 0.1) is 6.92 Å². The highest BCUT2D eigenvalue weighted by Gasteiger charge is 2.28. The van der Waals surface area contributed by atoms with Crippen LogP contribution in [-0.2, 0) is 16.1 Å². The summed E-state index contributed by atoms with van der Waals surface area (Å²) < 4.78 is 4.88. The van der Waals surface area contributed by atoms with Gasteiger partial charge in [0.15, 0.2) is 0 Å². The standard InChI is InChI=1S/C23H28Cl2N4O4S/c1-14-19(23(32)33-4)21(34-20(14)22(31)27(2)3)26-18(30)13-29-9-7-28(8-10-29)12-15-5-6-16(24)11-17(15)25/h5-6,11H,7-10,12-13H2,1-4H3,(H,26,30). The third-order valence-electron chi connectivity index (χ3n) is 5.63. The van der Waals surface area contributed by atoms with E-state index < -0.39 is 5.97 Å². The normalized spacial score (nSPS) is 14.6. The van der Waals surface area contributed by atoms with Gasteiger partial charge in [0.2, 0.25) is 5.91 Å². The summed E-state index contributed by atoms with van der Waals surface area (Å²) in [6.45, 7) is 5.60. The number of anilines is 1. The van der Waals surface area contributed by atoms with Crippen molar-refractivity contribution in [1.82, 2.24) is 14.7 Å². The molecule has 1 N–H and O–H groups in total. The Morgan fingerprint density at radius 1 is 1.12 bits per heavy atom. The van der Waals surface area contributed by atoms with Crippen LogP contribution >= 0.6 is 34.5 Å². The SMILES string of the molecule is COC(=O)c1c(NC(=O)CN2CCN(Cc3ccc(Cl)cc3Cl)CC2)sc(C(=O)N(C)C)c1C. The van der Waals surface area contributed by atoms with Gasteiger partial charge in [0.25, 0.3) is 5.91 Å². The Morgan fingerprint density at radius 2 is 1.76 bits per heavy atom. The van der Waals surface area contributed by atoms with Gasteiger partial charge in [0.1, 0.15) is 5.00 Å². The van der Waals surface area contributed by atoms with Crippen LogP contribution in [0.4, 0.5) is 5.00 Å². The highest BCUT2D eigenvalue weighted by molar-refractivity contribution is 7.18. The molecule has 2 amide bonds. The first-order valence-corrected chi connectivity index (χ1v) is 12.3. The van der Waals surface area contributed by atoms with Crippen molar-refractivity contribution in [3.8, 4) is 0 Å². The van der Waals surface area contributed by atoms with Gasteiger partial charge < -0.3 is 15.0 Å². The summed E-state index contributed by atoms with van der Waals surface area (Å²) >= 11 is 13.3. The zero-order valence-corrected chi connectivity index (χ0v) is 21.9. The lowest BCUT2D eigenvalue weighted by Gasteiger charge is -2.34. The Morgan fingerprint density at radius 3 is 2.35 bits per heavy atom. The number of hydrogen-bond acceptors (Lipinski definition) is 7. The van der Waals surface area contributed by atoms with Gasteiger partial charge in [0, 0.05) is 56.9 Å². The highest BCUT2D eigenvalue weighted by atomic mass is 35.5. The number of amides is 2. The van der Waals surface area contributed by atoms with Crippen LogP contribution in [-0.4, -0.2) is 86.4 Å². The molecule has 3 rings (SSSR count). The van der Waals surface area contributed by atoms with Gasteiger partial charge >= 0.3 is 5.97 Å². The maximum Gasteiger partial charge on any atom is 0.341 e. The minimum Gasteiger partial charge on any atom is -0.465 e. The van der Waals surface area contributed by atoms with Crippen LogP contribution in [0.25, 0.3) is 0 Å². The second-order valence-electron chi connectivity index (χ2n) is 8.29. The molecule has 1 fully saturated rings. The molecule has 2 aromatic rings. The summed E-state index contributed by atoms with van der Waals surface area (Å²) in [5, 5.41) is 4.40. The monoisotopic (exact) mass is 526 g/mol. The third kappa shape index (κ3) is 6.28. The topological polar surface area (TPSA) is 82.2 Å². The average molecular weight is 527 g/mol. The van der Waals surface area contributed by atoms with Gasteiger partial charge in [-0.15, -0.1) is 11.3 Å². The molecule has 1 aliphatic rings. The van der Waals surface area contributed by atoms with E-state index in [0.717, 1.165) is 49.6 Å². The summed E-state index contributed by atoms with van der Waals surface area (Å²) in [5.74, 6) is -1.06. The number of piperazine rings is 1. The van der Waals surface area contributed by atoms with Crippen molar-refractivity contribution in [3.05, 3.63) is 49.8 Å². The molecule has 1 aliphatic heterocycles. The fourth-order valence-corrected chi connectivity index (χ4v) is 5.42. The molecule has 0 atom stereocenters. The molecule has 0 radical (unpaired) electrons. The van der Waals surface area contributed by atoms with E-state index >= 15 is 0 Å². The Bertz CT molecular complexity index is 1080. The number of nitrogens with zero attached hydrogens (tertiary/aromatic N) is 3. The lowest BCUT2D eigenvalue weighted by molar-refractivity contribution is -0.117. The fraction of sp³-hybridized carbons (Fsp3) is 0.435. The Kier molecular flexibility index (Phi) is 8.95. The minimum atomic E-state index is -0.587. The molecule has 184 valence electrons. The van der Waals surface area contributed by atoms with Gasteiger partial charge in [-0.05, 0) is 30.2 Å². The summed E-state index contributed by atoms with van der Waals surface area (Å²) in [7, 11) is 4.55. The van der Waals surface area contributed by atoms with E-state index in [2.05, 4.69) is 15.1 Å². The fourth-order valence-electron chi connectivity index (χ4n) is 3.72. The van der Waals surface area contributed by atoms with Gasteiger partial charge in [-0.3, -0.25) is 19.4 Å². The van der Waals surface area contributed by atoms with E-state index in [9.17, 15) is 14.4 Å². The van der Waals surface area contributed by atoms with E-state index in [4.69, 9.17) is 27.9 Å². The molecule has 11 heteroatoms. The number of esters is 1. The predicted molar refractivity (Wildman–Crippen MR) is 135 cm³/mol.